The number of hydrogen-bond acceptors (Lipinski definition) is 8. The molecule has 0 heterocycles. The number of allylic oxidation sites excluding steroid dienone is 1. The van der Waals surface area contributed by atoms with E-state index in [1.807, 2.05) is 0 Å². The molecule has 0 unspecified atom stereocenters. The highest BCUT2D eigenvalue weighted by atomic mass is 32.2. The Bertz CT molecular complexity index is 1180. The van der Waals surface area contributed by atoms with Crippen LogP contribution < -0.4 is 10.1 Å². The summed E-state index contributed by atoms with van der Waals surface area (Å²) in [4.78, 5) is 38.4. The Labute approximate surface area is 282 Å². The van der Waals surface area contributed by atoms with Crippen molar-refractivity contribution in [1.29, 1.82) is 0 Å². The number of rotatable bonds is 27. The lowest BCUT2D eigenvalue weighted by molar-refractivity contribution is -0.167. The van der Waals surface area contributed by atoms with Crippen LogP contribution in [-0.2, 0) is 35.4 Å². The molecule has 0 aromatic heterocycles. The third-order valence-corrected chi connectivity index (χ3v) is 10.0. The quantitative estimate of drug-likeness (QED) is 0.0560. The van der Waals surface area contributed by atoms with Crippen molar-refractivity contribution in [2.45, 2.75) is 129 Å². The molecule has 0 aliphatic rings. The Morgan fingerprint density at radius 2 is 1.47 bits per heavy atom. The van der Waals surface area contributed by atoms with Gasteiger partial charge in [-0.15, -0.1) is 0 Å². The van der Waals surface area contributed by atoms with Crippen molar-refractivity contribution in [3.05, 3.63) is 42.0 Å². The van der Waals surface area contributed by atoms with E-state index in [9.17, 15) is 33.0 Å². The number of aliphatic carboxylic acids is 1. The first-order chi connectivity index (χ1) is 22.4. The molecule has 1 rings (SSSR count). The average Bonchev–Trinajstić information content (AvgIpc) is 3.04. The van der Waals surface area contributed by atoms with Crippen LogP contribution in [0.3, 0.4) is 0 Å². The van der Waals surface area contributed by atoms with Crippen LogP contribution in [0.5, 0.6) is 5.75 Å². The summed E-state index contributed by atoms with van der Waals surface area (Å²) in [5, 5.41) is 23.8. The van der Waals surface area contributed by atoms with Gasteiger partial charge in [0.25, 0.3) is 0 Å². The van der Waals surface area contributed by atoms with Crippen molar-refractivity contribution >= 4 is 27.7 Å². The van der Waals surface area contributed by atoms with Gasteiger partial charge < -0.3 is 25.0 Å². The lowest BCUT2D eigenvalue weighted by Gasteiger charge is -2.30. The highest BCUT2D eigenvalue weighted by molar-refractivity contribution is 7.91. The lowest BCUT2D eigenvalue weighted by atomic mass is 9.82. The molecule has 47 heavy (non-hydrogen) atoms. The number of carbonyl (C=O) groups excluding carboxylic acids is 2. The van der Waals surface area contributed by atoms with Crippen LogP contribution in [-0.4, -0.2) is 73.3 Å². The van der Waals surface area contributed by atoms with E-state index in [2.05, 4.69) is 19.2 Å². The first-order valence-electron chi connectivity index (χ1n) is 17.4. The number of benzene rings is 1. The number of esters is 1. The van der Waals surface area contributed by atoms with E-state index in [1.165, 1.54) is 13.2 Å². The molecule has 268 valence electrons. The molecular weight excluding hydrogens is 622 g/mol. The summed E-state index contributed by atoms with van der Waals surface area (Å²) in [6.07, 6.45) is 13.6. The van der Waals surface area contributed by atoms with Crippen molar-refractivity contribution in [2.24, 2.45) is 5.92 Å². The minimum absolute atomic E-state index is 0.0952. The number of methoxy groups -OCH3 is 1. The molecule has 0 saturated heterocycles. The van der Waals surface area contributed by atoms with E-state index in [-0.39, 0.29) is 24.3 Å². The van der Waals surface area contributed by atoms with Gasteiger partial charge in [0.15, 0.2) is 5.60 Å². The van der Waals surface area contributed by atoms with Gasteiger partial charge in [-0.2, -0.15) is 0 Å². The van der Waals surface area contributed by atoms with E-state index < -0.39 is 45.2 Å². The van der Waals surface area contributed by atoms with Crippen LogP contribution in [0.1, 0.15) is 116 Å². The zero-order valence-electron chi connectivity index (χ0n) is 29.0. The van der Waals surface area contributed by atoms with Crippen LogP contribution in [0.4, 0.5) is 0 Å². The number of nitrogens with one attached hydrogen (secondary N) is 1. The summed E-state index contributed by atoms with van der Waals surface area (Å²) in [5.41, 5.74) is -1.64. The smallest absolute Gasteiger partial charge is 0.336 e. The molecule has 0 fully saturated rings. The molecule has 3 N–H and O–H groups in total. The molecular formula is C36H59NO9S. The minimum Gasteiger partial charge on any atom is -0.494 e. The van der Waals surface area contributed by atoms with Gasteiger partial charge in [0.2, 0.25) is 5.91 Å². The number of carboxylic acids is 1. The zero-order valence-corrected chi connectivity index (χ0v) is 29.8. The van der Waals surface area contributed by atoms with Crippen molar-refractivity contribution in [1.82, 2.24) is 5.32 Å². The molecule has 11 heteroatoms. The highest BCUT2D eigenvalue weighted by Gasteiger charge is 2.46. The first kappa shape index (κ1) is 42.1. The molecule has 0 aliphatic heterocycles. The van der Waals surface area contributed by atoms with Crippen LogP contribution in [0, 0.1) is 5.92 Å². The predicted octanol–water partition coefficient (Wildman–Crippen LogP) is 6.19. The van der Waals surface area contributed by atoms with Crippen molar-refractivity contribution in [3.63, 3.8) is 0 Å². The Balaban J connectivity index is 2.84. The molecule has 1 aromatic carbocycles. The third-order valence-electron chi connectivity index (χ3n) is 8.19. The zero-order chi connectivity index (χ0) is 35.1. The van der Waals surface area contributed by atoms with Crippen LogP contribution in [0.15, 0.2) is 36.4 Å². The number of amides is 1. The molecule has 0 aliphatic carbocycles. The summed E-state index contributed by atoms with van der Waals surface area (Å²) in [6.45, 7) is 6.51. The van der Waals surface area contributed by atoms with E-state index in [1.54, 1.807) is 37.3 Å². The van der Waals surface area contributed by atoms with Crippen LogP contribution in [0.2, 0.25) is 0 Å². The fraction of sp³-hybridized carbons (Fsp3) is 0.694. The monoisotopic (exact) mass is 681 g/mol. The average molecular weight is 682 g/mol. The number of hydrogen-bond donors (Lipinski definition) is 3. The Hall–Kier alpha value is -2.92. The van der Waals surface area contributed by atoms with Gasteiger partial charge in [-0.3, -0.25) is 4.79 Å². The van der Waals surface area contributed by atoms with Gasteiger partial charge in [-0.05, 0) is 56.2 Å². The predicted molar refractivity (Wildman–Crippen MR) is 185 cm³/mol. The molecule has 10 nitrogen and oxygen atoms in total. The second-order valence-corrected chi connectivity index (χ2v) is 14.6. The summed E-state index contributed by atoms with van der Waals surface area (Å²) < 4.78 is 35.2. The molecule has 0 radical (unpaired) electrons. The molecule has 0 bridgehead atoms. The van der Waals surface area contributed by atoms with Gasteiger partial charge in [0, 0.05) is 6.42 Å². The maximum Gasteiger partial charge on any atom is 0.336 e. The normalized spacial score (nSPS) is 14.3. The standard InChI is InChI=1S/C36H59NO9S/c1-5-8-10-14-17-26-47(43,44)27-18-15-12-11-13-16-19-31(36(42,24-7-3)35(40)41)33(38)37-32(34(39)45-4)28-29-20-22-30(23-21-29)46-25-9-6-2/h16,19-23,31-32,42H,5-15,17-18,24-28H2,1-4H3,(H,37,38)(H,40,41)/t31-,32+,36+/m1/s1. The number of carboxylic acid groups (broad SMARTS) is 1. The highest BCUT2D eigenvalue weighted by Crippen LogP contribution is 2.27. The van der Waals surface area contributed by atoms with Gasteiger partial charge in [-0.25, -0.2) is 18.0 Å². The summed E-state index contributed by atoms with van der Waals surface area (Å²) in [7, 11) is -1.84. The van der Waals surface area contributed by atoms with Gasteiger partial charge in [-0.1, -0.05) is 96.4 Å². The molecule has 1 aromatic rings. The molecule has 1 amide bonds. The topological polar surface area (TPSA) is 156 Å². The van der Waals surface area contributed by atoms with Crippen LogP contribution >= 0.6 is 0 Å². The maximum absolute atomic E-state index is 13.5. The number of ether oxygens (including phenoxy) is 2. The lowest BCUT2D eigenvalue weighted by Crippen LogP contribution is -2.54. The largest absolute Gasteiger partial charge is 0.494 e. The van der Waals surface area contributed by atoms with Gasteiger partial charge in [0.05, 0.1) is 31.1 Å². The Kier molecular flexibility index (Phi) is 21.0. The van der Waals surface area contributed by atoms with E-state index in [0.717, 1.165) is 56.9 Å². The Morgan fingerprint density at radius 3 is 2.02 bits per heavy atom. The minimum atomic E-state index is -3.04. The number of aliphatic hydroxyl groups is 1. The van der Waals surface area contributed by atoms with Crippen molar-refractivity contribution in [3.8, 4) is 5.75 Å². The van der Waals surface area contributed by atoms with E-state index >= 15 is 0 Å². The number of unbranched alkanes of at least 4 members (excludes halogenated alkanes) is 9. The maximum atomic E-state index is 13.5. The molecule has 0 saturated carbocycles. The second-order valence-electron chi connectivity index (χ2n) is 12.3. The van der Waals surface area contributed by atoms with Crippen molar-refractivity contribution < 1.29 is 42.5 Å². The van der Waals surface area contributed by atoms with Crippen LogP contribution in [0.25, 0.3) is 0 Å². The van der Waals surface area contributed by atoms with Gasteiger partial charge in [0.1, 0.15) is 21.6 Å². The van der Waals surface area contributed by atoms with E-state index in [4.69, 9.17) is 9.47 Å². The van der Waals surface area contributed by atoms with Crippen molar-refractivity contribution in [2.75, 3.05) is 25.2 Å². The Morgan fingerprint density at radius 1 is 0.872 bits per heavy atom. The third kappa shape index (κ3) is 16.6. The summed E-state index contributed by atoms with van der Waals surface area (Å²) in [6, 6.07) is 6.03. The fourth-order valence-corrected chi connectivity index (χ4v) is 6.82. The SMILES string of the molecule is CCCCCCCS(=O)(=O)CCCCCCC=C[C@H](C(=O)N[C@@H](Cc1ccc(OCCCC)cc1)C(=O)OC)[C@@](O)(CCC)C(=O)O. The summed E-state index contributed by atoms with van der Waals surface area (Å²) in [5.74, 6) is -3.36. The number of sulfone groups is 1. The fourth-order valence-electron chi connectivity index (χ4n) is 5.33. The first-order valence-corrected chi connectivity index (χ1v) is 19.2. The number of carbonyl (C=O) groups is 3. The van der Waals surface area contributed by atoms with E-state index in [0.29, 0.717) is 44.5 Å². The second kappa shape index (κ2) is 23.4. The summed E-state index contributed by atoms with van der Waals surface area (Å²) >= 11 is 0. The molecule has 0 spiro atoms. The van der Waals surface area contributed by atoms with Gasteiger partial charge >= 0.3 is 11.9 Å². The molecule has 3 atom stereocenters.